The molecule has 3 rings (SSSR count). The maximum absolute atomic E-state index is 12.2. The summed E-state index contributed by atoms with van der Waals surface area (Å²) in [5.41, 5.74) is 2.21. The molecule has 1 aliphatic heterocycles. The molecule has 0 saturated heterocycles. The minimum Gasteiger partial charge on any atom is -0.624 e. The van der Waals surface area contributed by atoms with Crippen molar-refractivity contribution >= 4 is 17.1 Å². The molecular formula is C19H19NOS. The van der Waals surface area contributed by atoms with Gasteiger partial charge in [0, 0.05) is 11.3 Å². The van der Waals surface area contributed by atoms with E-state index in [2.05, 4.69) is 41.2 Å². The van der Waals surface area contributed by atoms with Crippen molar-refractivity contribution in [3.63, 3.8) is 0 Å². The standard InChI is InChI=1S/C19H19NOS/c21-20(13-12-17-8-2-1-3-9-17)16-18-10-4-5-11-19(18)22-14-6-7-15-22/h1-11,14-16,22H,12-13H2/b20-16-. The average molecular weight is 309 g/mol. The fraction of sp³-hybridized carbons (Fsp3) is 0.105. The molecule has 2 aromatic carbocycles. The van der Waals surface area contributed by atoms with Crippen LogP contribution in [0.4, 0.5) is 0 Å². The molecule has 3 heteroatoms. The van der Waals surface area contributed by atoms with Crippen LogP contribution in [0.25, 0.3) is 0 Å². The van der Waals surface area contributed by atoms with Crippen LogP contribution >= 0.6 is 10.9 Å². The number of allylic oxidation sites excluding steroid dienone is 2. The molecule has 0 atom stereocenters. The van der Waals surface area contributed by atoms with E-state index in [4.69, 9.17) is 0 Å². The first-order chi connectivity index (χ1) is 10.8. The number of thiol groups is 1. The van der Waals surface area contributed by atoms with Crippen molar-refractivity contribution in [3.8, 4) is 0 Å². The predicted molar refractivity (Wildman–Crippen MR) is 95.8 cm³/mol. The van der Waals surface area contributed by atoms with Gasteiger partial charge in [-0.05, 0) is 28.5 Å². The first kappa shape index (κ1) is 14.7. The molecular weight excluding hydrogens is 290 g/mol. The molecule has 0 N–H and O–H groups in total. The quantitative estimate of drug-likeness (QED) is 0.288. The van der Waals surface area contributed by atoms with Gasteiger partial charge >= 0.3 is 0 Å². The highest BCUT2D eigenvalue weighted by Crippen LogP contribution is 2.43. The third-order valence-electron chi connectivity index (χ3n) is 3.57. The summed E-state index contributed by atoms with van der Waals surface area (Å²) in [6.07, 6.45) is 6.64. The lowest BCUT2D eigenvalue weighted by Crippen LogP contribution is -2.10. The van der Waals surface area contributed by atoms with Gasteiger partial charge in [0.15, 0.2) is 12.8 Å². The highest BCUT2D eigenvalue weighted by atomic mass is 32.2. The van der Waals surface area contributed by atoms with E-state index in [1.165, 1.54) is 10.5 Å². The van der Waals surface area contributed by atoms with Gasteiger partial charge in [-0.25, -0.2) is 4.74 Å². The second-order valence-electron chi connectivity index (χ2n) is 5.15. The molecule has 112 valence electrons. The second kappa shape index (κ2) is 7.14. The lowest BCUT2D eigenvalue weighted by Gasteiger charge is -2.13. The van der Waals surface area contributed by atoms with Gasteiger partial charge in [0.1, 0.15) is 0 Å². The smallest absolute Gasteiger partial charge is 0.182 e. The lowest BCUT2D eigenvalue weighted by molar-refractivity contribution is -0.451. The van der Waals surface area contributed by atoms with Crippen LogP contribution in [0.1, 0.15) is 11.1 Å². The number of benzene rings is 2. The zero-order valence-electron chi connectivity index (χ0n) is 12.3. The van der Waals surface area contributed by atoms with Crippen molar-refractivity contribution in [3.05, 3.63) is 93.9 Å². The molecule has 0 radical (unpaired) electrons. The number of hydrogen-bond donors (Lipinski definition) is 1. The Morgan fingerprint density at radius 3 is 2.36 bits per heavy atom. The SMILES string of the molecule is [O-]/[N+](=C\c1ccccc1[SH]1C=CC=C1)CCc1ccccc1. The zero-order valence-corrected chi connectivity index (χ0v) is 13.2. The third kappa shape index (κ3) is 3.68. The van der Waals surface area contributed by atoms with Crippen LogP contribution in [-0.4, -0.2) is 17.5 Å². The van der Waals surface area contributed by atoms with E-state index in [0.717, 1.165) is 16.7 Å². The van der Waals surface area contributed by atoms with Gasteiger partial charge < -0.3 is 5.21 Å². The summed E-state index contributed by atoms with van der Waals surface area (Å²) in [6, 6.07) is 18.3. The summed E-state index contributed by atoms with van der Waals surface area (Å²) in [7, 11) is -0.403. The normalized spacial score (nSPS) is 15.5. The maximum Gasteiger partial charge on any atom is 0.182 e. The molecule has 2 nitrogen and oxygen atoms in total. The first-order valence-electron chi connectivity index (χ1n) is 7.38. The summed E-state index contributed by atoms with van der Waals surface area (Å²) < 4.78 is 1.05. The minimum absolute atomic E-state index is 0.403. The molecule has 0 amide bonds. The van der Waals surface area contributed by atoms with Crippen molar-refractivity contribution in [2.75, 3.05) is 6.54 Å². The zero-order chi connectivity index (χ0) is 15.2. The third-order valence-corrected chi connectivity index (χ3v) is 5.52. The van der Waals surface area contributed by atoms with Crippen LogP contribution < -0.4 is 0 Å². The topological polar surface area (TPSA) is 26.1 Å². The first-order valence-corrected chi connectivity index (χ1v) is 8.86. The molecule has 0 saturated carbocycles. The van der Waals surface area contributed by atoms with E-state index in [9.17, 15) is 5.21 Å². The molecule has 1 heterocycles. The Morgan fingerprint density at radius 2 is 1.59 bits per heavy atom. The van der Waals surface area contributed by atoms with Crippen molar-refractivity contribution < 1.29 is 4.74 Å². The van der Waals surface area contributed by atoms with Gasteiger partial charge in [-0.3, -0.25) is 0 Å². The van der Waals surface area contributed by atoms with Gasteiger partial charge in [0.05, 0.1) is 5.56 Å². The van der Waals surface area contributed by atoms with E-state index in [-0.39, 0.29) is 0 Å². The lowest BCUT2D eigenvalue weighted by atomic mass is 10.1. The monoisotopic (exact) mass is 309 g/mol. The van der Waals surface area contributed by atoms with E-state index in [1.54, 1.807) is 6.21 Å². The van der Waals surface area contributed by atoms with Gasteiger partial charge in [-0.15, -0.1) is 0 Å². The highest BCUT2D eigenvalue weighted by Gasteiger charge is 2.09. The van der Waals surface area contributed by atoms with Gasteiger partial charge in [-0.1, -0.05) is 54.6 Å². The predicted octanol–water partition coefficient (Wildman–Crippen LogP) is 4.26. The summed E-state index contributed by atoms with van der Waals surface area (Å²) in [5, 5.41) is 16.6. The fourth-order valence-electron chi connectivity index (χ4n) is 2.43. The van der Waals surface area contributed by atoms with Crippen molar-refractivity contribution in [2.24, 2.45) is 0 Å². The Kier molecular flexibility index (Phi) is 4.76. The Balaban J connectivity index is 1.74. The molecule has 0 aromatic heterocycles. The minimum atomic E-state index is -0.403. The summed E-state index contributed by atoms with van der Waals surface area (Å²) in [6.45, 7) is 0.474. The fourth-order valence-corrected chi connectivity index (χ4v) is 4.11. The molecule has 0 bridgehead atoms. The van der Waals surface area contributed by atoms with Crippen LogP contribution in [0.15, 0.2) is 82.5 Å². The Bertz CT molecular complexity index is 707. The molecule has 2 aromatic rings. The number of rotatable bonds is 5. The maximum atomic E-state index is 12.2. The Hall–Kier alpha value is -2.26. The van der Waals surface area contributed by atoms with Crippen molar-refractivity contribution in [1.82, 2.24) is 0 Å². The number of nitrogens with zero attached hydrogens (tertiary/aromatic N) is 1. The van der Waals surface area contributed by atoms with Crippen LogP contribution in [0, 0.1) is 5.21 Å². The van der Waals surface area contributed by atoms with Gasteiger partial charge in [0.25, 0.3) is 0 Å². The van der Waals surface area contributed by atoms with Crippen LogP contribution in [0.2, 0.25) is 0 Å². The largest absolute Gasteiger partial charge is 0.624 e. The van der Waals surface area contributed by atoms with E-state index in [0.29, 0.717) is 6.54 Å². The molecule has 1 aliphatic rings. The molecule has 0 aliphatic carbocycles. The Labute approximate surface area is 134 Å². The van der Waals surface area contributed by atoms with Crippen LogP contribution in [0.3, 0.4) is 0 Å². The molecule has 0 unspecified atom stereocenters. The van der Waals surface area contributed by atoms with Gasteiger partial charge in [0.2, 0.25) is 0 Å². The number of hydroxylamine groups is 1. The molecule has 0 spiro atoms. The van der Waals surface area contributed by atoms with Gasteiger partial charge in [-0.2, -0.15) is 10.9 Å². The van der Waals surface area contributed by atoms with E-state index < -0.39 is 10.9 Å². The second-order valence-corrected chi connectivity index (χ2v) is 7.05. The summed E-state index contributed by atoms with van der Waals surface area (Å²) in [4.78, 5) is 1.24. The van der Waals surface area contributed by atoms with Crippen LogP contribution in [-0.2, 0) is 6.42 Å². The van der Waals surface area contributed by atoms with E-state index in [1.807, 2.05) is 36.4 Å². The number of hydrogen-bond acceptors (Lipinski definition) is 1. The van der Waals surface area contributed by atoms with E-state index >= 15 is 0 Å². The highest BCUT2D eigenvalue weighted by molar-refractivity contribution is 8.22. The van der Waals surface area contributed by atoms with Crippen LogP contribution in [0.5, 0.6) is 0 Å². The summed E-state index contributed by atoms with van der Waals surface area (Å²) >= 11 is 0. The molecule has 0 fully saturated rings. The van der Waals surface area contributed by atoms with Crippen molar-refractivity contribution in [1.29, 1.82) is 0 Å². The molecule has 22 heavy (non-hydrogen) atoms. The summed E-state index contributed by atoms with van der Waals surface area (Å²) in [5.74, 6) is 0. The average Bonchev–Trinajstić information content (AvgIpc) is 3.09. The van der Waals surface area contributed by atoms with Crippen molar-refractivity contribution in [2.45, 2.75) is 11.3 Å². The Morgan fingerprint density at radius 1 is 0.909 bits per heavy atom.